The maximum Gasteiger partial charge on any atom is 0.351 e. The second-order valence-electron chi connectivity index (χ2n) is 14.6. The molecule has 3 fully saturated rings. The molecule has 11 nitrogen and oxygen atoms in total. The number of methoxy groups -OCH3 is 2. The van der Waals surface area contributed by atoms with Crippen molar-refractivity contribution in [3.05, 3.63) is 154 Å². The molecule has 4 aromatic carbocycles. The van der Waals surface area contributed by atoms with Gasteiger partial charge in [0.15, 0.2) is 7.50 Å². The summed E-state index contributed by atoms with van der Waals surface area (Å²) >= 11 is 1.94. The van der Waals surface area contributed by atoms with Gasteiger partial charge in [0.05, 0.1) is 33.5 Å². The highest BCUT2D eigenvalue weighted by molar-refractivity contribution is 8.54. The number of amides is 1. The Morgan fingerprint density at radius 1 is 0.860 bits per heavy atom. The first-order valence-corrected chi connectivity index (χ1v) is 22.0. The summed E-state index contributed by atoms with van der Waals surface area (Å²) in [6.45, 7) is 0.910. The first-order valence-electron chi connectivity index (χ1n) is 19.4. The lowest BCUT2D eigenvalue weighted by atomic mass is 9.80. The van der Waals surface area contributed by atoms with Gasteiger partial charge in [-0.3, -0.25) is 14.4 Å². The van der Waals surface area contributed by atoms with Crippen LogP contribution in [-0.4, -0.2) is 59.8 Å². The van der Waals surface area contributed by atoms with Crippen molar-refractivity contribution < 1.29 is 28.3 Å². The number of nitrogens with one attached hydrogen (secondary N) is 2. The summed E-state index contributed by atoms with van der Waals surface area (Å²) in [7, 11) is 2.29. The van der Waals surface area contributed by atoms with Crippen LogP contribution >= 0.6 is 18.9 Å². The number of benzene rings is 4. The summed E-state index contributed by atoms with van der Waals surface area (Å²) in [5.41, 5.74) is 1.64. The van der Waals surface area contributed by atoms with Crippen molar-refractivity contribution >= 4 is 30.6 Å². The average Bonchev–Trinajstić information content (AvgIpc) is 3.85. The summed E-state index contributed by atoms with van der Waals surface area (Å²) in [4.78, 5) is 30.7. The summed E-state index contributed by atoms with van der Waals surface area (Å²) in [6.07, 6.45) is 7.02. The number of carbonyl (C=O) groups excluding carboxylic acids is 1. The Morgan fingerprint density at radius 2 is 1.47 bits per heavy atom. The average molecular weight is 807 g/mol. The summed E-state index contributed by atoms with van der Waals surface area (Å²) < 4.78 is 33.3. The third-order valence-electron chi connectivity index (χ3n) is 11.0. The van der Waals surface area contributed by atoms with E-state index in [1.54, 1.807) is 50.7 Å². The summed E-state index contributed by atoms with van der Waals surface area (Å²) in [5.74, 6) is 1.29. The first-order chi connectivity index (χ1) is 27.9. The molecule has 0 bridgehead atoms. The Bertz CT molecular complexity index is 2120. The molecule has 57 heavy (non-hydrogen) atoms. The van der Waals surface area contributed by atoms with E-state index in [1.807, 2.05) is 84.2 Å². The molecule has 13 heteroatoms. The SMILES string of the molecule is COc1ccc(C(OC[C@H]2O[C@@H](n3ccc(NC(=O)c4ccccc4)nc3=O)C[C@@H]2NP2OCC3(CCCCC3)S2)(c2ccccc2)c2ccc(OC)cc2)cc1. The van der Waals surface area contributed by atoms with Gasteiger partial charge in [0.25, 0.3) is 5.91 Å². The van der Waals surface area contributed by atoms with Crippen molar-refractivity contribution in [1.82, 2.24) is 14.6 Å². The summed E-state index contributed by atoms with van der Waals surface area (Å²) in [6, 6.07) is 36.3. The molecule has 1 aromatic heterocycles. The lowest BCUT2D eigenvalue weighted by molar-refractivity contribution is -0.0803. The molecule has 1 saturated carbocycles. The van der Waals surface area contributed by atoms with Crippen LogP contribution in [0.4, 0.5) is 5.82 Å². The molecular weight excluding hydrogens is 760 g/mol. The highest BCUT2D eigenvalue weighted by atomic mass is 32.7. The van der Waals surface area contributed by atoms with Crippen LogP contribution in [0.3, 0.4) is 0 Å². The molecule has 1 unspecified atom stereocenters. The molecule has 1 aliphatic carbocycles. The van der Waals surface area contributed by atoms with Crippen LogP contribution in [0.2, 0.25) is 0 Å². The predicted molar refractivity (Wildman–Crippen MR) is 223 cm³/mol. The largest absolute Gasteiger partial charge is 0.497 e. The third-order valence-corrected chi connectivity index (χ3v) is 15.3. The van der Waals surface area contributed by atoms with E-state index >= 15 is 0 Å². The zero-order valence-electron chi connectivity index (χ0n) is 32.0. The standard InChI is InChI=1S/C44H47N4O7PS/c1-51-35-20-16-33(17-21-35)44(32-14-8-4-9-15-32,34-18-22-36(52-2)23-19-34)53-29-38-37(47-56-54-30-43(57-56)25-10-5-11-26-43)28-40(55-38)48-27-24-39(46-42(48)50)45-41(49)31-12-6-3-7-13-31/h3-4,6-9,12-24,27,37-38,40,47H,5,10-11,25-26,28-30H2,1-2H3,(H,45,46,49,50)/t37-,38+,40+,56?/m0/s1. The molecule has 4 atom stereocenters. The van der Waals surface area contributed by atoms with E-state index in [0.717, 1.165) is 47.6 Å². The van der Waals surface area contributed by atoms with Crippen LogP contribution in [0.5, 0.6) is 11.5 Å². The van der Waals surface area contributed by atoms with E-state index in [-0.39, 0.29) is 29.1 Å². The van der Waals surface area contributed by atoms with Crippen molar-refractivity contribution in [3.63, 3.8) is 0 Å². The topological polar surface area (TPSA) is 122 Å². The minimum Gasteiger partial charge on any atom is -0.497 e. The van der Waals surface area contributed by atoms with Gasteiger partial charge < -0.3 is 28.8 Å². The molecule has 2 saturated heterocycles. The normalized spacial score (nSPS) is 21.6. The number of aromatic nitrogens is 2. The minimum absolute atomic E-state index is 0.147. The molecule has 2 N–H and O–H groups in total. The quantitative estimate of drug-likeness (QED) is 0.0886. The van der Waals surface area contributed by atoms with E-state index in [9.17, 15) is 9.59 Å². The van der Waals surface area contributed by atoms with Gasteiger partial charge in [0.2, 0.25) is 0 Å². The third kappa shape index (κ3) is 8.53. The first kappa shape index (κ1) is 39.3. The van der Waals surface area contributed by atoms with E-state index in [4.69, 9.17) is 23.5 Å². The van der Waals surface area contributed by atoms with Crippen LogP contribution in [0.25, 0.3) is 0 Å². The van der Waals surface area contributed by atoms with Crippen LogP contribution in [0.15, 0.2) is 126 Å². The second kappa shape index (κ2) is 17.5. The number of hydrogen-bond donors (Lipinski definition) is 2. The molecule has 1 amide bonds. The van der Waals surface area contributed by atoms with Gasteiger partial charge in [0.1, 0.15) is 29.1 Å². The van der Waals surface area contributed by atoms with Gasteiger partial charge in [0, 0.05) is 29.0 Å². The van der Waals surface area contributed by atoms with Gasteiger partial charge in [-0.2, -0.15) is 4.98 Å². The maximum atomic E-state index is 13.6. The molecule has 1 spiro atoms. The highest BCUT2D eigenvalue weighted by Crippen LogP contribution is 2.65. The number of anilines is 1. The number of nitrogens with zero attached hydrogens (tertiary/aromatic N) is 2. The van der Waals surface area contributed by atoms with Gasteiger partial charge in [-0.05, 0) is 72.0 Å². The zero-order valence-corrected chi connectivity index (χ0v) is 33.8. The zero-order chi connectivity index (χ0) is 39.2. The summed E-state index contributed by atoms with van der Waals surface area (Å²) in [5, 5.41) is 6.57. The Labute approximate surface area is 338 Å². The van der Waals surface area contributed by atoms with Crippen LogP contribution in [0, 0.1) is 0 Å². The Hall–Kier alpha value is -4.55. The van der Waals surface area contributed by atoms with Crippen molar-refractivity contribution in [3.8, 4) is 11.5 Å². The molecule has 2 aliphatic heterocycles. The fraction of sp³-hybridized carbons (Fsp3) is 0.341. The fourth-order valence-electron chi connectivity index (χ4n) is 7.99. The molecule has 5 aromatic rings. The minimum atomic E-state index is -1.06. The van der Waals surface area contributed by atoms with Gasteiger partial charge in [-0.25, -0.2) is 4.79 Å². The molecule has 8 rings (SSSR count). The molecule has 3 aliphatic rings. The monoisotopic (exact) mass is 806 g/mol. The van der Waals surface area contributed by atoms with Gasteiger partial charge >= 0.3 is 5.69 Å². The maximum absolute atomic E-state index is 13.6. The smallest absolute Gasteiger partial charge is 0.351 e. The van der Waals surface area contributed by atoms with Crippen LogP contribution in [-0.2, 0) is 19.6 Å². The predicted octanol–water partition coefficient (Wildman–Crippen LogP) is 8.46. The van der Waals surface area contributed by atoms with Gasteiger partial charge in [-0.15, -0.1) is 0 Å². The second-order valence-corrected chi connectivity index (χ2v) is 18.2. The van der Waals surface area contributed by atoms with Crippen LogP contribution < -0.4 is 25.6 Å². The van der Waals surface area contributed by atoms with E-state index in [2.05, 4.69) is 27.5 Å². The number of hydrogen-bond acceptors (Lipinski definition) is 10. The van der Waals surface area contributed by atoms with E-state index in [1.165, 1.54) is 23.8 Å². The number of carbonyl (C=O) groups is 1. The lowest BCUT2D eigenvalue weighted by Gasteiger charge is -2.37. The number of ether oxygens (including phenoxy) is 4. The van der Waals surface area contributed by atoms with E-state index < -0.39 is 31.1 Å². The lowest BCUT2D eigenvalue weighted by Crippen LogP contribution is -2.41. The highest BCUT2D eigenvalue weighted by Gasteiger charge is 2.47. The fourth-order valence-corrected chi connectivity index (χ4v) is 12.7. The molecular formula is C44H47N4O7PS. The van der Waals surface area contributed by atoms with E-state index in [0.29, 0.717) is 12.0 Å². The molecule has 0 radical (unpaired) electrons. The van der Waals surface area contributed by atoms with Crippen molar-refractivity contribution in [2.45, 2.75) is 67.2 Å². The molecule has 296 valence electrons. The molecule has 3 heterocycles. The van der Waals surface area contributed by atoms with Crippen molar-refractivity contribution in [2.24, 2.45) is 0 Å². The Balaban J connectivity index is 1.11. The van der Waals surface area contributed by atoms with Crippen molar-refractivity contribution in [1.29, 1.82) is 0 Å². The Morgan fingerprint density at radius 3 is 2.09 bits per heavy atom. The van der Waals surface area contributed by atoms with Gasteiger partial charge in [-0.1, -0.05) is 103 Å². The Kier molecular flexibility index (Phi) is 12.1. The van der Waals surface area contributed by atoms with Crippen LogP contribution in [0.1, 0.15) is 71.8 Å². The number of rotatable bonds is 13. The van der Waals surface area contributed by atoms with Crippen molar-refractivity contribution in [2.75, 3.05) is 32.8 Å².